The molecule has 2 atom stereocenters. The van der Waals surface area contributed by atoms with Gasteiger partial charge in [-0.2, -0.15) is 0 Å². The summed E-state index contributed by atoms with van der Waals surface area (Å²) in [6, 6.07) is 8.55. The summed E-state index contributed by atoms with van der Waals surface area (Å²) >= 11 is 0. The minimum atomic E-state index is -0.910. The van der Waals surface area contributed by atoms with Crippen LogP contribution in [-0.4, -0.2) is 27.7 Å². The predicted octanol–water partition coefficient (Wildman–Crippen LogP) is 1.86. The lowest BCUT2D eigenvalue weighted by Gasteiger charge is -2.42. The van der Waals surface area contributed by atoms with Crippen LogP contribution in [0.4, 0.5) is 0 Å². The highest BCUT2D eigenvalue weighted by Crippen LogP contribution is 2.43. The first-order valence-electron chi connectivity index (χ1n) is 7.47. The second-order valence-corrected chi connectivity index (χ2v) is 6.42. The first-order valence-corrected chi connectivity index (χ1v) is 7.47. The third-order valence-corrected chi connectivity index (χ3v) is 4.39. The Bertz CT molecular complexity index is 822. The molecule has 0 amide bonds. The number of carbonyl (C=O) groups excluding carboxylic acids is 1. The maximum absolute atomic E-state index is 12.5. The van der Waals surface area contributed by atoms with Gasteiger partial charge in [-0.25, -0.2) is 0 Å². The van der Waals surface area contributed by atoms with E-state index in [1.165, 1.54) is 4.57 Å². The van der Waals surface area contributed by atoms with E-state index in [0.29, 0.717) is 22.4 Å². The van der Waals surface area contributed by atoms with Crippen LogP contribution < -0.4 is 10.3 Å². The van der Waals surface area contributed by atoms with Gasteiger partial charge in [0.05, 0.1) is 0 Å². The van der Waals surface area contributed by atoms with Crippen molar-refractivity contribution in [2.45, 2.75) is 31.5 Å². The highest BCUT2D eigenvalue weighted by Gasteiger charge is 2.44. The molecule has 0 aliphatic carbocycles. The Hall–Kier alpha value is -2.40. The summed E-state index contributed by atoms with van der Waals surface area (Å²) in [4.78, 5) is 23.6. The van der Waals surface area contributed by atoms with E-state index in [-0.39, 0.29) is 5.56 Å². The van der Waals surface area contributed by atoms with Crippen molar-refractivity contribution in [1.82, 2.24) is 4.57 Å². The molecule has 0 bridgehead atoms. The highest BCUT2D eigenvalue weighted by atomic mass is 16.5. The zero-order valence-corrected chi connectivity index (χ0v) is 13.3. The van der Waals surface area contributed by atoms with Crippen LogP contribution in [0.2, 0.25) is 0 Å². The van der Waals surface area contributed by atoms with Crippen molar-refractivity contribution in [3.8, 4) is 5.75 Å². The summed E-state index contributed by atoms with van der Waals surface area (Å²) in [7, 11) is 1.67. The Balaban J connectivity index is 2.28. The fraction of sp³-hybridized carbons (Fsp3) is 0.333. The average Bonchev–Trinajstić information content (AvgIpc) is 2.51. The minimum Gasteiger partial charge on any atom is -0.485 e. The topological polar surface area (TPSA) is 68.5 Å². The van der Waals surface area contributed by atoms with Gasteiger partial charge >= 0.3 is 0 Å². The second-order valence-electron chi connectivity index (χ2n) is 6.42. The van der Waals surface area contributed by atoms with Crippen LogP contribution in [0.25, 0.3) is 0 Å². The Morgan fingerprint density at radius 2 is 2.00 bits per heavy atom. The average molecular weight is 313 g/mol. The summed E-state index contributed by atoms with van der Waals surface area (Å²) in [5, 5.41) is 10.8. The van der Waals surface area contributed by atoms with E-state index in [9.17, 15) is 14.7 Å². The zero-order chi connectivity index (χ0) is 16.8. The van der Waals surface area contributed by atoms with Gasteiger partial charge in [0.15, 0.2) is 0 Å². The standard InChI is InChI=1S/C18H19NO4/c1-18(2)16(21)15(12-5-4-8-19(3)17(12)22)13-9-11(10-20)6-7-14(13)23-18/h4-10,15-16,21H,1-3H3. The summed E-state index contributed by atoms with van der Waals surface area (Å²) in [5.74, 6) is 0.0374. The molecule has 1 aliphatic heterocycles. The molecule has 1 aliphatic rings. The van der Waals surface area contributed by atoms with Crippen molar-refractivity contribution in [2.24, 2.45) is 7.05 Å². The van der Waals surface area contributed by atoms with Crippen molar-refractivity contribution >= 4 is 6.29 Å². The van der Waals surface area contributed by atoms with Gasteiger partial charge in [0.25, 0.3) is 5.56 Å². The number of hydrogen-bond donors (Lipinski definition) is 1. The number of pyridine rings is 1. The number of ether oxygens (including phenoxy) is 1. The van der Waals surface area contributed by atoms with Crippen LogP contribution in [0.5, 0.6) is 5.75 Å². The molecule has 0 spiro atoms. The molecule has 1 aromatic heterocycles. The number of hydrogen-bond acceptors (Lipinski definition) is 4. The zero-order valence-electron chi connectivity index (χ0n) is 13.3. The summed E-state index contributed by atoms with van der Waals surface area (Å²) < 4.78 is 7.36. The van der Waals surface area contributed by atoms with Gasteiger partial charge in [-0.15, -0.1) is 0 Å². The molecule has 0 fully saturated rings. The summed E-state index contributed by atoms with van der Waals surface area (Å²) in [6.07, 6.45) is 1.50. The van der Waals surface area contributed by atoms with Gasteiger partial charge in [0, 0.05) is 35.9 Å². The van der Waals surface area contributed by atoms with E-state index < -0.39 is 17.6 Å². The molecule has 23 heavy (non-hydrogen) atoms. The predicted molar refractivity (Wildman–Crippen MR) is 86.1 cm³/mol. The molecule has 1 N–H and O–H groups in total. The number of rotatable bonds is 2. The van der Waals surface area contributed by atoms with Crippen molar-refractivity contribution in [2.75, 3.05) is 0 Å². The van der Waals surface area contributed by atoms with E-state index in [0.717, 1.165) is 6.29 Å². The number of nitrogens with zero attached hydrogens (tertiary/aromatic N) is 1. The fourth-order valence-corrected chi connectivity index (χ4v) is 3.08. The van der Waals surface area contributed by atoms with E-state index in [2.05, 4.69) is 0 Å². The Kier molecular flexibility index (Phi) is 3.60. The number of benzene rings is 1. The summed E-state index contributed by atoms with van der Waals surface area (Å²) in [5.41, 5.74) is 0.614. The van der Waals surface area contributed by atoms with Crippen LogP contribution in [0, 0.1) is 0 Å². The van der Waals surface area contributed by atoms with Crippen LogP contribution in [0.15, 0.2) is 41.3 Å². The number of fused-ring (bicyclic) bond motifs is 1. The smallest absolute Gasteiger partial charge is 0.254 e. The molecule has 5 nitrogen and oxygen atoms in total. The van der Waals surface area contributed by atoms with Gasteiger partial charge in [-0.1, -0.05) is 6.07 Å². The number of aliphatic hydroxyl groups is 1. The third kappa shape index (κ3) is 2.47. The fourth-order valence-electron chi connectivity index (χ4n) is 3.08. The Morgan fingerprint density at radius 1 is 1.26 bits per heavy atom. The molecule has 1 aromatic carbocycles. The normalized spacial score (nSPS) is 22.1. The van der Waals surface area contributed by atoms with E-state index >= 15 is 0 Å². The van der Waals surface area contributed by atoms with Crippen molar-refractivity contribution in [3.63, 3.8) is 0 Å². The van der Waals surface area contributed by atoms with E-state index in [4.69, 9.17) is 4.74 Å². The highest BCUT2D eigenvalue weighted by molar-refractivity contribution is 5.76. The van der Waals surface area contributed by atoms with Gasteiger partial charge < -0.3 is 14.4 Å². The SMILES string of the molecule is Cn1cccc(C2c3cc(C=O)ccc3OC(C)(C)C2O)c1=O. The number of carbonyl (C=O) groups is 1. The lowest BCUT2D eigenvalue weighted by Crippen LogP contribution is -2.50. The minimum absolute atomic E-state index is 0.170. The first-order chi connectivity index (χ1) is 10.8. The quantitative estimate of drug-likeness (QED) is 0.859. The monoisotopic (exact) mass is 313 g/mol. The molecule has 0 radical (unpaired) electrons. The largest absolute Gasteiger partial charge is 0.485 e. The number of aromatic nitrogens is 1. The molecule has 5 heteroatoms. The maximum atomic E-state index is 12.5. The van der Waals surface area contributed by atoms with Gasteiger partial charge in [0.1, 0.15) is 23.7 Å². The first kappa shape index (κ1) is 15.5. The summed E-state index contributed by atoms with van der Waals surface area (Å²) in [6.45, 7) is 3.57. The van der Waals surface area contributed by atoms with Crippen LogP contribution in [0.1, 0.15) is 41.3 Å². The number of aryl methyl sites for hydroxylation is 1. The van der Waals surface area contributed by atoms with Crippen LogP contribution in [-0.2, 0) is 7.05 Å². The Morgan fingerprint density at radius 3 is 2.70 bits per heavy atom. The second kappa shape index (κ2) is 5.35. The number of aliphatic hydroxyl groups excluding tert-OH is 1. The molecule has 0 saturated carbocycles. The van der Waals surface area contributed by atoms with Gasteiger partial charge in [-0.3, -0.25) is 9.59 Å². The molecule has 2 unspecified atom stereocenters. The molecular formula is C18H19NO4. The third-order valence-electron chi connectivity index (χ3n) is 4.39. The van der Waals surface area contributed by atoms with Crippen molar-refractivity contribution < 1.29 is 14.6 Å². The van der Waals surface area contributed by atoms with E-state index in [1.54, 1.807) is 57.4 Å². The Labute approximate surface area is 134 Å². The molecule has 0 saturated heterocycles. The van der Waals surface area contributed by atoms with Crippen molar-refractivity contribution in [1.29, 1.82) is 0 Å². The van der Waals surface area contributed by atoms with Crippen LogP contribution >= 0.6 is 0 Å². The molecule has 3 rings (SSSR count). The van der Waals surface area contributed by atoms with Crippen molar-refractivity contribution in [3.05, 3.63) is 63.6 Å². The molecule has 2 aromatic rings. The van der Waals surface area contributed by atoms with Gasteiger partial charge in [0.2, 0.25) is 0 Å². The lowest BCUT2D eigenvalue weighted by atomic mass is 9.77. The molecule has 120 valence electrons. The van der Waals surface area contributed by atoms with Crippen LogP contribution in [0.3, 0.4) is 0 Å². The van der Waals surface area contributed by atoms with Gasteiger partial charge in [-0.05, 0) is 38.1 Å². The maximum Gasteiger partial charge on any atom is 0.254 e. The molecule has 2 heterocycles. The molecular weight excluding hydrogens is 294 g/mol. The lowest BCUT2D eigenvalue weighted by molar-refractivity contribution is -0.0514. The number of aldehydes is 1. The van der Waals surface area contributed by atoms with E-state index in [1.807, 2.05) is 0 Å².